The van der Waals surface area contributed by atoms with Gasteiger partial charge >= 0.3 is 0 Å². The monoisotopic (exact) mass is 312 g/mol. The summed E-state index contributed by atoms with van der Waals surface area (Å²) in [6.07, 6.45) is 13.2. The van der Waals surface area contributed by atoms with E-state index in [2.05, 4.69) is 19.8 Å². The third-order valence-electron chi connectivity index (χ3n) is 7.93. The summed E-state index contributed by atoms with van der Waals surface area (Å²) in [6, 6.07) is 0. The molecule has 4 rings (SSSR count). The van der Waals surface area contributed by atoms with E-state index >= 15 is 0 Å². The minimum atomic E-state index is -0.917. The molecular weight excluding hydrogens is 284 g/mol. The topological polar surface area (TPSA) is 37.3 Å². The zero-order valence-corrected chi connectivity index (χ0v) is 14.4. The van der Waals surface area contributed by atoms with Crippen LogP contribution in [-0.4, -0.2) is 16.5 Å². The highest BCUT2D eigenvalue weighted by molar-refractivity contribution is 5.82. The van der Waals surface area contributed by atoms with Gasteiger partial charge in [0.05, 0.1) is 0 Å². The molecule has 0 bridgehead atoms. The fraction of sp³-hybridized carbons (Fsp3) is 0.762. The molecule has 2 fully saturated rings. The smallest absolute Gasteiger partial charge is 0.137 e. The molecule has 0 radical (unpaired) electrons. The highest BCUT2D eigenvalue weighted by Gasteiger charge is 2.62. The van der Waals surface area contributed by atoms with Crippen LogP contribution in [0.5, 0.6) is 0 Å². The van der Waals surface area contributed by atoms with Gasteiger partial charge in [0, 0.05) is 18.3 Å². The number of fused-ring (bicyclic) bond motifs is 4. The minimum absolute atomic E-state index is 0.125. The Labute approximate surface area is 139 Å². The van der Waals surface area contributed by atoms with Crippen LogP contribution in [0.2, 0.25) is 0 Å². The molecule has 0 spiro atoms. The maximum atomic E-state index is 11.9. The molecule has 4 aliphatic rings. The van der Waals surface area contributed by atoms with Crippen LogP contribution in [0.1, 0.15) is 65.2 Å². The summed E-state index contributed by atoms with van der Waals surface area (Å²) >= 11 is 0. The van der Waals surface area contributed by atoms with Crippen molar-refractivity contribution in [2.45, 2.75) is 70.8 Å². The molecular formula is C21H28O2. The van der Waals surface area contributed by atoms with Gasteiger partial charge in [0.25, 0.3) is 0 Å². The van der Waals surface area contributed by atoms with E-state index < -0.39 is 5.60 Å². The number of Topliss-reactive ketones (excluding diaryl/α,β-unsaturated/α-hetero) is 1. The molecule has 0 aliphatic heterocycles. The zero-order chi connectivity index (χ0) is 16.4. The Morgan fingerprint density at radius 2 is 2.04 bits per heavy atom. The maximum absolute atomic E-state index is 11.9. The average Bonchev–Trinajstić information content (AvgIpc) is 2.79. The summed E-state index contributed by atoms with van der Waals surface area (Å²) in [6.45, 7) is 4.60. The molecule has 2 nitrogen and oxygen atoms in total. The van der Waals surface area contributed by atoms with Crippen LogP contribution < -0.4 is 0 Å². The second-order valence-electron chi connectivity index (χ2n) is 8.82. The normalized spacial score (nSPS) is 49.2. The summed E-state index contributed by atoms with van der Waals surface area (Å²) in [7, 11) is 0. The molecule has 4 aliphatic carbocycles. The number of hydrogen-bond acceptors (Lipinski definition) is 2. The lowest BCUT2D eigenvalue weighted by atomic mass is 9.50. The van der Waals surface area contributed by atoms with E-state index in [9.17, 15) is 9.90 Å². The third-order valence-corrected chi connectivity index (χ3v) is 7.93. The summed E-state index contributed by atoms with van der Waals surface area (Å²) in [5.41, 5.74) is 2.04. The summed E-state index contributed by atoms with van der Waals surface area (Å²) < 4.78 is 0. The fourth-order valence-electron chi connectivity index (χ4n) is 6.72. The molecule has 2 saturated carbocycles. The molecule has 1 N–H and O–H groups in total. The largest absolute Gasteiger partial charge is 0.377 e. The first-order valence-electron chi connectivity index (χ1n) is 9.32. The van der Waals surface area contributed by atoms with Crippen molar-refractivity contribution in [3.8, 4) is 12.3 Å². The van der Waals surface area contributed by atoms with E-state index in [-0.39, 0.29) is 5.41 Å². The Morgan fingerprint density at radius 1 is 1.26 bits per heavy atom. The number of aliphatic hydroxyl groups is 1. The fourth-order valence-corrected chi connectivity index (χ4v) is 6.72. The summed E-state index contributed by atoms with van der Waals surface area (Å²) in [5, 5.41) is 11.0. The third kappa shape index (κ3) is 1.96. The van der Waals surface area contributed by atoms with E-state index in [0.717, 1.165) is 44.9 Å². The Balaban J connectivity index is 1.72. The van der Waals surface area contributed by atoms with Crippen LogP contribution >= 0.6 is 0 Å². The van der Waals surface area contributed by atoms with E-state index in [1.807, 2.05) is 0 Å². The average molecular weight is 312 g/mol. The van der Waals surface area contributed by atoms with Crippen molar-refractivity contribution in [1.82, 2.24) is 0 Å². The van der Waals surface area contributed by atoms with Crippen molar-refractivity contribution in [3.05, 3.63) is 11.1 Å². The maximum Gasteiger partial charge on any atom is 0.137 e. The number of rotatable bonds is 0. The Morgan fingerprint density at radius 3 is 2.78 bits per heavy atom. The van der Waals surface area contributed by atoms with E-state index in [0.29, 0.717) is 35.9 Å². The van der Waals surface area contributed by atoms with Crippen LogP contribution in [-0.2, 0) is 4.79 Å². The Kier molecular flexibility index (Phi) is 3.34. The summed E-state index contributed by atoms with van der Waals surface area (Å²) in [4.78, 5) is 11.9. The van der Waals surface area contributed by atoms with Crippen LogP contribution in [0.25, 0.3) is 0 Å². The van der Waals surface area contributed by atoms with Crippen LogP contribution in [0, 0.1) is 41.4 Å². The lowest BCUT2D eigenvalue weighted by molar-refractivity contribution is -0.119. The lowest BCUT2D eigenvalue weighted by Crippen LogP contribution is -2.52. The van der Waals surface area contributed by atoms with Gasteiger partial charge in [-0.25, -0.2) is 0 Å². The van der Waals surface area contributed by atoms with Gasteiger partial charge < -0.3 is 5.11 Å². The van der Waals surface area contributed by atoms with Crippen molar-refractivity contribution >= 4 is 5.78 Å². The standard InChI is InChI=1S/C21H28O2/c1-4-21(23)10-8-18-19-13(2)11-14-12-15(22)5-6-16(14)17(19)7-9-20(18,21)3/h1,13,17-19,23H,5-12H2,2-3H3/t13-,17-,18+,19-,20+,21-/m1/s1. The Hall–Kier alpha value is -1.07. The zero-order valence-electron chi connectivity index (χ0n) is 14.4. The van der Waals surface area contributed by atoms with Crippen LogP contribution in [0.15, 0.2) is 11.1 Å². The first-order valence-corrected chi connectivity index (χ1v) is 9.32. The molecule has 124 valence electrons. The van der Waals surface area contributed by atoms with Crippen molar-refractivity contribution in [2.24, 2.45) is 29.1 Å². The molecule has 0 heterocycles. The summed E-state index contributed by atoms with van der Waals surface area (Å²) in [5.74, 6) is 5.60. The number of carbonyl (C=O) groups is 1. The SMILES string of the molecule is C#C[C@@]1(O)CC[C@H]2[C@@H]3[C@H](C)CC4=C(CCC(=O)C4)[C@H]3CC[C@@]21C. The molecule has 0 aromatic rings. The predicted molar refractivity (Wildman–Crippen MR) is 90.5 cm³/mol. The highest BCUT2D eigenvalue weighted by Crippen LogP contribution is 2.65. The molecule has 0 aromatic heterocycles. The van der Waals surface area contributed by atoms with Crippen molar-refractivity contribution < 1.29 is 9.90 Å². The first-order chi connectivity index (χ1) is 10.9. The molecule has 0 amide bonds. The number of ketones is 1. The van der Waals surface area contributed by atoms with Crippen molar-refractivity contribution in [1.29, 1.82) is 0 Å². The van der Waals surface area contributed by atoms with Crippen molar-refractivity contribution in [3.63, 3.8) is 0 Å². The second-order valence-corrected chi connectivity index (χ2v) is 8.82. The van der Waals surface area contributed by atoms with Gasteiger partial charge in [0.15, 0.2) is 0 Å². The highest BCUT2D eigenvalue weighted by atomic mass is 16.3. The van der Waals surface area contributed by atoms with E-state index in [1.54, 1.807) is 5.57 Å². The number of allylic oxidation sites excluding steroid dienone is 2. The molecule has 0 saturated heterocycles. The van der Waals surface area contributed by atoms with Crippen LogP contribution in [0.4, 0.5) is 0 Å². The van der Waals surface area contributed by atoms with Gasteiger partial charge in [-0.2, -0.15) is 0 Å². The number of hydrogen-bond donors (Lipinski definition) is 1. The molecule has 0 unspecified atom stereocenters. The molecule has 0 aromatic carbocycles. The minimum Gasteiger partial charge on any atom is -0.377 e. The first kappa shape index (κ1) is 15.5. The quantitative estimate of drug-likeness (QED) is 0.544. The number of terminal acetylenes is 1. The molecule has 6 atom stereocenters. The van der Waals surface area contributed by atoms with Gasteiger partial charge in [0.2, 0.25) is 0 Å². The van der Waals surface area contributed by atoms with Gasteiger partial charge in [-0.15, -0.1) is 6.42 Å². The lowest BCUT2D eigenvalue weighted by Gasteiger charge is -2.55. The van der Waals surface area contributed by atoms with Gasteiger partial charge in [-0.3, -0.25) is 4.79 Å². The second kappa shape index (κ2) is 4.96. The van der Waals surface area contributed by atoms with E-state index in [4.69, 9.17) is 6.42 Å². The van der Waals surface area contributed by atoms with Gasteiger partial charge in [0.1, 0.15) is 11.4 Å². The van der Waals surface area contributed by atoms with Gasteiger partial charge in [-0.05, 0) is 62.2 Å². The van der Waals surface area contributed by atoms with Crippen LogP contribution in [0.3, 0.4) is 0 Å². The number of carbonyl (C=O) groups excluding carboxylic acids is 1. The molecule has 23 heavy (non-hydrogen) atoms. The van der Waals surface area contributed by atoms with E-state index in [1.165, 1.54) is 5.57 Å². The van der Waals surface area contributed by atoms with Crippen molar-refractivity contribution in [2.75, 3.05) is 0 Å². The predicted octanol–water partition coefficient (Wildman–Crippen LogP) is 3.88. The van der Waals surface area contributed by atoms with Gasteiger partial charge in [-0.1, -0.05) is 30.9 Å². The molecule has 2 heteroatoms. The Bertz CT molecular complexity index is 624.